The summed E-state index contributed by atoms with van der Waals surface area (Å²) in [5.41, 5.74) is 3.39. The second-order valence-corrected chi connectivity index (χ2v) is 7.90. The molecule has 0 radical (unpaired) electrons. The number of alkyl halides is 2. The SMILES string of the molecule is Cc1c([C@H]2c3nc[nH]c3CCN2C(=O)c2nnc(-c3cnn(C(F)F)c3)o2)oc2ccccc12. The average molecular weight is 465 g/mol. The molecule has 4 aromatic heterocycles. The van der Waals surface area contributed by atoms with Crippen molar-refractivity contribution in [3.05, 3.63) is 71.6 Å². The van der Waals surface area contributed by atoms with Gasteiger partial charge in [-0.05, 0) is 13.0 Å². The van der Waals surface area contributed by atoms with Crippen molar-refractivity contribution in [2.45, 2.75) is 25.9 Å². The molecular formula is C22H17F2N7O3. The van der Waals surface area contributed by atoms with Gasteiger partial charge in [-0.1, -0.05) is 18.2 Å². The standard InChI is InChI=1S/C22H17F2N7O3/c1-11-13-4-2-3-5-15(13)33-18(11)17-16-14(25-10-26-16)6-7-30(17)21(32)20-29-28-19(34-20)12-8-27-31(9-12)22(23)24/h2-5,8-10,17,22H,6-7H2,1H3,(H,25,26)/t17-/m1/s1. The first-order valence-electron chi connectivity index (χ1n) is 10.5. The molecule has 0 saturated heterocycles. The maximum absolute atomic E-state index is 13.5. The summed E-state index contributed by atoms with van der Waals surface area (Å²) >= 11 is 0. The van der Waals surface area contributed by atoms with Gasteiger partial charge in [0.15, 0.2) is 0 Å². The largest absolute Gasteiger partial charge is 0.458 e. The number of nitrogens with one attached hydrogen (secondary N) is 1. The van der Waals surface area contributed by atoms with E-state index in [1.54, 1.807) is 11.2 Å². The molecule has 1 aliphatic rings. The number of hydrogen-bond acceptors (Lipinski definition) is 7. The molecule has 0 unspecified atom stereocenters. The summed E-state index contributed by atoms with van der Waals surface area (Å²) < 4.78 is 37.9. The lowest BCUT2D eigenvalue weighted by atomic mass is 9.97. The van der Waals surface area contributed by atoms with Crippen molar-refractivity contribution >= 4 is 16.9 Å². The number of benzene rings is 1. The lowest BCUT2D eigenvalue weighted by Crippen LogP contribution is -2.41. The molecule has 172 valence electrons. The number of aryl methyl sites for hydroxylation is 1. The van der Waals surface area contributed by atoms with Gasteiger partial charge in [-0.15, -0.1) is 10.2 Å². The van der Waals surface area contributed by atoms with Gasteiger partial charge in [-0.25, -0.2) is 9.67 Å². The Bertz CT molecular complexity index is 1520. The Balaban J connectivity index is 1.39. The third kappa shape index (κ3) is 3.10. The molecule has 1 aromatic carbocycles. The highest BCUT2D eigenvalue weighted by atomic mass is 19.3. The van der Waals surface area contributed by atoms with E-state index in [1.807, 2.05) is 31.2 Å². The van der Waals surface area contributed by atoms with Gasteiger partial charge in [0.1, 0.15) is 17.4 Å². The van der Waals surface area contributed by atoms with Gasteiger partial charge in [0.2, 0.25) is 0 Å². The molecule has 12 heteroatoms. The van der Waals surface area contributed by atoms with Gasteiger partial charge in [0.25, 0.3) is 5.89 Å². The maximum Gasteiger partial charge on any atom is 0.333 e. The van der Waals surface area contributed by atoms with Gasteiger partial charge in [-0.2, -0.15) is 13.9 Å². The van der Waals surface area contributed by atoms with E-state index in [0.29, 0.717) is 34.7 Å². The summed E-state index contributed by atoms with van der Waals surface area (Å²) in [5.74, 6) is -0.263. The van der Waals surface area contributed by atoms with Crippen molar-refractivity contribution in [2.24, 2.45) is 0 Å². The Kier molecular flexibility index (Phi) is 4.54. The topological polar surface area (TPSA) is 119 Å². The number of fused-ring (bicyclic) bond motifs is 2. The fourth-order valence-corrected chi connectivity index (χ4v) is 4.32. The smallest absolute Gasteiger partial charge is 0.333 e. The molecule has 1 amide bonds. The van der Waals surface area contributed by atoms with E-state index in [-0.39, 0.29) is 17.3 Å². The summed E-state index contributed by atoms with van der Waals surface area (Å²) in [4.78, 5) is 22.7. The van der Waals surface area contributed by atoms with Crippen LogP contribution in [0.1, 0.15) is 46.0 Å². The van der Waals surface area contributed by atoms with Crippen LogP contribution >= 0.6 is 0 Å². The van der Waals surface area contributed by atoms with Crippen LogP contribution in [0.2, 0.25) is 0 Å². The maximum atomic E-state index is 13.5. The number of nitrogens with zero attached hydrogens (tertiary/aromatic N) is 6. The number of imidazole rings is 1. The molecule has 0 bridgehead atoms. The minimum atomic E-state index is -2.80. The van der Waals surface area contributed by atoms with E-state index >= 15 is 0 Å². The lowest BCUT2D eigenvalue weighted by molar-refractivity contribution is 0.0565. The monoisotopic (exact) mass is 465 g/mol. The number of H-pyrrole nitrogens is 1. The van der Waals surface area contributed by atoms with E-state index in [0.717, 1.165) is 22.8 Å². The fourth-order valence-electron chi connectivity index (χ4n) is 4.32. The zero-order valence-electron chi connectivity index (χ0n) is 17.8. The van der Waals surface area contributed by atoms with E-state index in [1.165, 1.54) is 6.20 Å². The minimum Gasteiger partial charge on any atom is -0.458 e. The lowest BCUT2D eigenvalue weighted by Gasteiger charge is -2.33. The molecule has 0 fully saturated rings. The van der Waals surface area contributed by atoms with Crippen LogP contribution in [0.4, 0.5) is 8.78 Å². The summed E-state index contributed by atoms with van der Waals surface area (Å²) in [6.45, 7) is -0.506. The van der Waals surface area contributed by atoms with E-state index in [9.17, 15) is 13.6 Å². The number of amides is 1. The molecule has 1 aliphatic heterocycles. The third-order valence-electron chi connectivity index (χ3n) is 5.97. The molecular weight excluding hydrogens is 448 g/mol. The number of furan rings is 1. The first-order valence-corrected chi connectivity index (χ1v) is 10.5. The van der Waals surface area contributed by atoms with Crippen molar-refractivity contribution in [2.75, 3.05) is 6.54 Å². The molecule has 5 heterocycles. The van der Waals surface area contributed by atoms with Gasteiger partial charge in [-0.3, -0.25) is 4.79 Å². The van der Waals surface area contributed by atoms with Gasteiger partial charge < -0.3 is 18.7 Å². The van der Waals surface area contributed by atoms with Crippen molar-refractivity contribution in [3.8, 4) is 11.5 Å². The van der Waals surface area contributed by atoms with Crippen LogP contribution < -0.4 is 0 Å². The highest BCUT2D eigenvalue weighted by molar-refractivity contribution is 5.91. The number of hydrogen-bond donors (Lipinski definition) is 1. The summed E-state index contributed by atoms with van der Waals surface area (Å²) in [7, 11) is 0. The van der Waals surface area contributed by atoms with Crippen molar-refractivity contribution in [3.63, 3.8) is 0 Å². The van der Waals surface area contributed by atoms with Crippen LogP contribution in [-0.2, 0) is 6.42 Å². The van der Waals surface area contributed by atoms with Gasteiger partial charge in [0.05, 0.1) is 23.8 Å². The van der Waals surface area contributed by atoms with Crippen molar-refractivity contribution < 1.29 is 22.4 Å². The summed E-state index contributed by atoms with van der Waals surface area (Å²) in [6.07, 6.45) is 4.39. The Labute approximate surface area is 190 Å². The zero-order chi connectivity index (χ0) is 23.4. The minimum absolute atomic E-state index is 0.0795. The molecule has 34 heavy (non-hydrogen) atoms. The quantitative estimate of drug-likeness (QED) is 0.428. The number of rotatable bonds is 4. The number of halogens is 2. The number of para-hydroxylation sites is 1. The molecule has 6 rings (SSSR count). The number of aromatic amines is 1. The van der Waals surface area contributed by atoms with Gasteiger partial charge in [0, 0.05) is 35.8 Å². The number of aromatic nitrogens is 6. The average Bonchev–Trinajstić information content (AvgIpc) is 3.64. The third-order valence-corrected chi connectivity index (χ3v) is 5.97. The van der Waals surface area contributed by atoms with Gasteiger partial charge >= 0.3 is 18.3 Å². The van der Waals surface area contributed by atoms with Crippen molar-refractivity contribution in [1.82, 2.24) is 34.8 Å². The predicted octanol–water partition coefficient (Wildman–Crippen LogP) is 3.89. The summed E-state index contributed by atoms with van der Waals surface area (Å²) in [5, 5.41) is 12.2. The van der Waals surface area contributed by atoms with Crippen LogP contribution in [0.25, 0.3) is 22.4 Å². The first-order chi connectivity index (χ1) is 16.5. The van der Waals surface area contributed by atoms with E-state index < -0.39 is 18.5 Å². The normalized spacial score (nSPS) is 15.9. The Morgan fingerprint density at radius 2 is 2.09 bits per heavy atom. The zero-order valence-corrected chi connectivity index (χ0v) is 17.8. The molecule has 5 aromatic rings. The summed E-state index contributed by atoms with van der Waals surface area (Å²) in [6, 6.07) is 7.04. The number of carbonyl (C=O) groups excluding carboxylic acids is 1. The molecule has 0 saturated carbocycles. The fraction of sp³-hybridized carbons (Fsp3) is 0.227. The second kappa shape index (κ2) is 7.61. The second-order valence-electron chi connectivity index (χ2n) is 7.90. The van der Waals surface area contributed by atoms with Crippen LogP contribution in [-0.4, -0.2) is 47.3 Å². The molecule has 0 spiro atoms. The molecule has 10 nitrogen and oxygen atoms in total. The van der Waals surface area contributed by atoms with E-state index in [4.69, 9.17) is 8.83 Å². The highest BCUT2D eigenvalue weighted by Gasteiger charge is 2.39. The van der Waals surface area contributed by atoms with Crippen LogP contribution in [0.5, 0.6) is 0 Å². The Morgan fingerprint density at radius 1 is 1.24 bits per heavy atom. The molecule has 0 aliphatic carbocycles. The van der Waals surface area contributed by atoms with E-state index in [2.05, 4.69) is 25.3 Å². The molecule has 1 N–H and O–H groups in total. The first kappa shape index (κ1) is 20.3. The van der Waals surface area contributed by atoms with Crippen LogP contribution in [0.15, 0.2) is 51.8 Å². The van der Waals surface area contributed by atoms with Crippen LogP contribution in [0, 0.1) is 6.92 Å². The number of carbonyl (C=O) groups is 1. The predicted molar refractivity (Wildman–Crippen MR) is 113 cm³/mol. The van der Waals surface area contributed by atoms with Crippen molar-refractivity contribution in [1.29, 1.82) is 0 Å². The Morgan fingerprint density at radius 3 is 2.88 bits per heavy atom. The Hall–Kier alpha value is -4.35. The van der Waals surface area contributed by atoms with Crippen LogP contribution in [0.3, 0.4) is 0 Å². The molecule has 1 atom stereocenters. The highest BCUT2D eigenvalue weighted by Crippen LogP contribution is 2.39.